The second-order valence-corrected chi connectivity index (χ2v) is 9.10. The van der Waals surface area contributed by atoms with E-state index in [1.165, 1.54) is 17.7 Å². The Hall–Kier alpha value is -4.17. The van der Waals surface area contributed by atoms with E-state index in [1.54, 1.807) is 16.8 Å². The zero-order valence-corrected chi connectivity index (χ0v) is 20.9. The molecule has 8 heteroatoms. The number of aryl methyl sites for hydroxylation is 1. The first-order valence-electron chi connectivity index (χ1n) is 12.5. The fraction of sp³-hybridized carbons (Fsp3) is 0.241. The molecule has 7 nitrogen and oxygen atoms in total. The highest BCUT2D eigenvalue weighted by molar-refractivity contribution is 5.80. The molecule has 188 valence electrons. The second-order valence-electron chi connectivity index (χ2n) is 9.10. The molecule has 3 aromatic carbocycles. The number of aromatic amines is 1. The van der Waals surface area contributed by atoms with E-state index >= 15 is 0 Å². The maximum absolute atomic E-state index is 13.5. The molecule has 0 bridgehead atoms. The first-order chi connectivity index (χ1) is 18.1. The number of hydrogen-bond donors (Lipinski definition) is 1. The van der Waals surface area contributed by atoms with E-state index in [9.17, 15) is 9.18 Å². The van der Waals surface area contributed by atoms with Crippen LogP contribution in [0, 0.1) is 5.82 Å². The predicted octanol–water partition coefficient (Wildman–Crippen LogP) is 4.88. The number of benzene rings is 3. The molecular weight excluding hydrogens is 467 g/mol. The van der Waals surface area contributed by atoms with Gasteiger partial charge in [-0.2, -0.15) is 0 Å². The molecule has 0 saturated heterocycles. The molecule has 0 aliphatic rings. The first kappa shape index (κ1) is 24.5. The van der Waals surface area contributed by atoms with E-state index in [-0.39, 0.29) is 11.4 Å². The molecule has 5 rings (SSSR count). The van der Waals surface area contributed by atoms with Crippen LogP contribution in [0.1, 0.15) is 48.0 Å². The molecular formula is C29H29FN6O. The van der Waals surface area contributed by atoms with Gasteiger partial charge in [-0.15, -0.1) is 5.10 Å². The molecule has 1 atom stereocenters. The summed E-state index contributed by atoms with van der Waals surface area (Å²) in [5, 5.41) is 13.6. The number of tetrazole rings is 1. The number of aromatic nitrogens is 5. The summed E-state index contributed by atoms with van der Waals surface area (Å²) in [6.45, 7) is 5.80. The van der Waals surface area contributed by atoms with Gasteiger partial charge in [0, 0.05) is 17.6 Å². The number of hydrogen-bond acceptors (Lipinski definition) is 5. The summed E-state index contributed by atoms with van der Waals surface area (Å²) < 4.78 is 15.2. The molecule has 0 aliphatic carbocycles. The van der Waals surface area contributed by atoms with Gasteiger partial charge in [-0.1, -0.05) is 62.4 Å². The molecule has 0 amide bonds. The highest BCUT2D eigenvalue weighted by Crippen LogP contribution is 2.29. The summed E-state index contributed by atoms with van der Waals surface area (Å²) in [6, 6.07) is 24.0. The lowest BCUT2D eigenvalue weighted by Crippen LogP contribution is -2.35. The van der Waals surface area contributed by atoms with Crippen LogP contribution in [0.3, 0.4) is 0 Å². The Bertz CT molecular complexity index is 1540. The van der Waals surface area contributed by atoms with Crippen LogP contribution in [0.4, 0.5) is 4.39 Å². The smallest absolute Gasteiger partial charge is 0.253 e. The van der Waals surface area contributed by atoms with Gasteiger partial charge in [-0.05, 0) is 75.8 Å². The van der Waals surface area contributed by atoms with Gasteiger partial charge in [0.2, 0.25) is 0 Å². The first-order valence-corrected chi connectivity index (χ1v) is 12.5. The fourth-order valence-electron chi connectivity index (χ4n) is 4.68. The minimum absolute atomic E-state index is 0.176. The summed E-state index contributed by atoms with van der Waals surface area (Å²) in [4.78, 5) is 18.8. The molecule has 0 saturated carbocycles. The maximum atomic E-state index is 13.5. The van der Waals surface area contributed by atoms with Gasteiger partial charge in [-0.25, -0.2) is 9.07 Å². The van der Waals surface area contributed by atoms with Gasteiger partial charge in [0.05, 0.1) is 6.54 Å². The lowest BCUT2D eigenvalue weighted by Gasteiger charge is -2.30. The lowest BCUT2D eigenvalue weighted by molar-refractivity contribution is 0.214. The Kier molecular flexibility index (Phi) is 7.18. The van der Waals surface area contributed by atoms with Crippen LogP contribution in [-0.4, -0.2) is 36.6 Å². The number of nitrogens with one attached hydrogen (secondary N) is 1. The molecule has 0 fully saturated rings. The number of halogens is 1. The van der Waals surface area contributed by atoms with Gasteiger partial charge < -0.3 is 4.98 Å². The minimum atomic E-state index is -0.501. The lowest BCUT2D eigenvalue weighted by atomic mass is 10.0. The summed E-state index contributed by atoms with van der Waals surface area (Å²) in [7, 11) is 0. The Morgan fingerprint density at radius 1 is 0.946 bits per heavy atom. The van der Waals surface area contributed by atoms with E-state index in [0.29, 0.717) is 31.0 Å². The van der Waals surface area contributed by atoms with Crippen molar-refractivity contribution in [3.8, 4) is 0 Å². The summed E-state index contributed by atoms with van der Waals surface area (Å²) in [5.41, 5.74) is 4.37. The number of H-pyrrole nitrogens is 1. The Morgan fingerprint density at radius 2 is 1.70 bits per heavy atom. The normalized spacial score (nSPS) is 12.3. The van der Waals surface area contributed by atoms with Crippen molar-refractivity contribution in [2.75, 3.05) is 6.54 Å². The van der Waals surface area contributed by atoms with Gasteiger partial charge in [0.25, 0.3) is 5.56 Å². The number of pyridine rings is 1. The van der Waals surface area contributed by atoms with Gasteiger partial charge in [0.15, 0.2) is 5.82 Å². The average molecular weight is 497 g/mol. The molecule has 1 unspecified atom stereocenters. The van der Waals surface area contributed by atoms with Crippen LogP contribution in [0.5, 0.6) is 0 Å². The number of nitrogens with zero attached hydrogens (tertiary/aromatic N) is 5. The maximum Gasteiger partial charge on any atom is 0.253 e. The Morgan fingerprint density at radius 3 is 2.43 bits per heavy atom. The third kappa shape index (κ3) is 5.34. The SMILES string of the molecule is CCc1ccc2[nH]c(=O)c(C(c3nnnn3Cc3ccc(F)cc3)N(CC)Cc3ccccc3)cc2c1. The third-order valence-corrected chi connectivity index (χ3v) is 6.69. The molecule has 0 aliphatic heterocycles. The Balaban J connectivity index is 1.64. The van der Waals surface area contributed by atoms with E-state index in [4.69, 9.17) is 0 Å². The third-order valence-electron chi connectivity index (χ3n) is 6.69. The monoisotopic (exact) mass is 496 g/mol. The molecule has 1 N–H and O–H groups in total. The molecule has 5 aromatic rings. The second kappa shape index (κ2) is 10.8. The van der Waals surface area contributed by atoms with Crippen molar-refractivity contribution in [3.63, 3.8) is 0 Å². The fourth-order valence-corrected chi connectivity index (χ4v) is 4.68. The number of rotatable bonds is 9. The van der Waals surface area contributed by atoms with E-state index in [1.807, 2.05) is 36.4 Å². The zero-order valence-electron chi connectivity index (χ0n) is 20.9. The van der Waals surface area contributed by atoms with Gasteiger partial charge in [-0.3, -0.25) is 9.69 Å². The van der Waals surface area contributed by atoms with Crippen molar-refractivity contribution in [1.82, 2.24) is 30.1 Å². The summed E-state index contributed by atoms with van der Waals surface area (Å²) >= 11 is 0. The van der Waals surface area contributed by atoms with Crippen LogP contribution < -0.4 is 5.56 Å². The van der Waals surface area contributed by atoms with Crippen LogP contribution >= 0.6 is 0 Å². The van der Waals surface area contributed by atoms with Crippen LogP contribution in [0.15, 0.2) is 83.7 Å². The quantitative estimate of drug-likeness (QED) is 0.315. The summed E-state index contributed by atoms with van der Waals surface area (Å²) in [5.74, 6) is 0.256. The van der Waals surface area contributed by atoms with Gasteiger partial charge in [0.1, 0.15) is 11.9 Å². The molecule has 0 spiro atoms. The standard InChI is InChI=1S/C29H29FN6O/c1-3-20-12-15-26-23(16-20)17-25(29(37)31-26)27(35(4-2)18-21-8-6-5-7-9-21)28-32-33-34-36(28)19-22-10-13-24(30)14-11-22/h5-17,27H,3-4,18-19H2,1-2H3,(H,31,37). The van der Waals surface area contributed by atoms with Gasteiger partial charge >= 0.3 is 0 Å². The van der Waals surface area contributed by atoms with Crippen LogP contribution in [0.2, 0.25) is 0 Å². The number of fused-ring (bicyclic) bond motifs is 1. The highest BCUT2D eigenvalue weighted by Gasteiger charge is 2.30. The zero-order chi connectivity index (χ0) is 25.8. The molecule has 2 aromatic heterocycles. The Labute approximate surface area is 214 Å². The van der Waals surface area contributed by atoms with Crippen molar-refractivity contribution >= 4 is 10.9 Å². The van der Waals surface area contributed by atoms with E-state index in [2.05, 4.69) is 57.5 Å². The average Bonchev–Trinajstić information content (AvgIpc) is 3.37. The van der Waals surface area contributed by atoms with Crippen molar-refractivity contribution < 1.29 is 4.39 Å². The summed E-state index contributed by atoms with van der Waals surface area (Å²) in [6.07, 6.45) is 0.902. The largest absolute Gasteiger partial charge is 0.322 e. The molecule has 0 radical (unpaired) electrons. The van der Waals surface area contributed by atoms with Crippen molar-refractivity contribution in [2.45, 2.75) is 39.4 Å². The highest BCUT2D eigenvalue weighted by atomic mass is 19.1. The van der Waals surface area contributed by atoms with Crippen LogP contribution in [0.25, 0.3) is 10.9 Å². The topological polar surface area (TPSA) is 79.7 Å². The van der Waals surface area contributed by atoms with Crippen molar-refractivity contribution in [1.29, 1.82) is 0 Å². The van der Waals surface area contributed by atoms with E-state index < -0.39 is 6.04 Å². The van der Waals surface area contributed by atoms with E-state index in [0.717, 1.165) is 28.5 Å². The molecule has 2 heterocycles. The predicted molar refractivity (Wildman–Crippen MR) is 142 cm³/mol. The van der Waals surface area contributed by atoms with Crippen molar-refractivity contribution in [2.24, 2.45) is 0 Å². The van der Waals surface area contributed by atoms with Crippen molar-refractivity contribution in [3.05, 3.63) is 123 Å². The minimum Gasteiger partial charge on any atom is -0.322 e. The molecule has 37 heavy (non-hydrogen) atoms. The van der Waals surface area contributed by atoms with Crippen LogP contribution in [-0.2, 0) is 19.5 Å².